The van der Waals surface area contributed by atoms with E-state index >= 15 is 0 Å². The van der Waals surface area contributed by atoms with Gasteiger partial charge in [0.1, 0.15) is 5.76 Å². The summed E-state index contributed by atoms with van der Waals surface area (Å²) in [5.74, 6) is 2.81. The Bertz CT molecular complexity index is 509. The van der Waals surface area contributed by atoms with Gasteiger partial charge < -0.3 is 9.73 Å². The molecule has 0 aliphatic carbocycles. The summed E-state index contributed by atoms with van der Waals surface area (Å²) >= 11 is 1.96. The predicted molar refractivity (Wildman–Crippen MR) is 74.6 cm³/mol. The minimum atomic E-state index is 0.424. The minimum Gasteiger partial charge on any atom is -0.468 e. The molecule has 0 spiro atoms. The van der Waals surface area contributed by atoms with Crippen molar-refractivity contribution >= 4 is 11.8 Å². The number of furan rings is 1. The largest absolute Gasteiger partial charge is 0.468 e. The summed E-state index contributed by atoms with van der Waals surface area (Å²) in [4.78, 5) is 1.41. The van der Waals surface area contributed by atoms with E-state index in [1.165, 1.54) is 16.2 Å². The topological polar surface area (TPSA) is 25.2 Å². The molecule has 0 fully saturated rings. The van der Waals surface area contributed by atoms with Crippen molar-refractivity contribution in [3.8, 4) is 0 Å². The van der Waals surface area contributed by atoms with Crippen LogP contribution >= 0.6 is 11.8 Å². The lowest BCUT2D eigenvalue weighted by molar-refractivity contribution is 0.380. The summed E-state index contributed by atoms with van der Waals surface area (Å²) in [7, 11) is 0. The summed E-state index contributed by atoms with van der Waals surface area (Å²) in [5, 5.41) is 3.62. The molecule has 0 saturated heterocycles. The summed E-state index contributed by atoms with van der Waals surface area (Å²) in [6.45, 7) is 3.10. The van der Waals surface area contributed by atoms with Gasteiger partial charge in [-0.25, -0.2) is 0 Å². The van der Waals surface area contributed by atoms with Crippen LogP contribution in [0.15, 0.2) is 52.0 Å². The molecular weight excluding hydrogens is 242 g/mol. The molecule has 0 saturated carbocycles. The second kappa shape index (κ2) is 5.21. The van der Waals surface area contributed by atoms with Gasteiger partial charge >= 0.3 is 0 Å². The maximum absolute atomic E-state index is 5.38. The Morgan fingerprint density at radius 1 is 1.28 bits per heavy atom. The lowest BCUT2D eigenvalue weighted by Gasteiger charge is -2.31. The zero-order valence-corrected chi connectivity index (χ0v) is 11.2. The van der Waals surface area contributed by atoms with Gasteiger partial charge in [0.15, 0.2) is 0 Å². The summed E-state index contributed by atoms with van der Waals surface area (Å²) in [6.07, 6.45) is 1.73. The molecule has 0 radical (unpaired) electrons. The van der Waals surface area contributed by atoms with Crippen molar-refractivity contribution in [1.29, 1.82) is 0 Å². The number of hydrogen-bond donors (Lipinski definition) is 1. The molecule has 3 rings (SSSR count). The summed E-state index contributed by atoms with van der Waals surface area (Å²) in [5.41, 5.74) is 1.42. The van der Waals surface area contributed by atoms with Gasteiger partial charge in [0.2, 0.25) is 0 Å². The quantitative estimate of drug-likeness (QED) is 0.906. The van der Waals surface area contributed by atoms with E-state index in [2.05, 4.69) is 36.5 Å². The van der Waals surface area contributed by atoms with E-state index in [1.807, 2.05) is 23.9 Å². The Labute approximate surface area is 112 Å². The second-order valence-electron chi connectivity index (χ2n) is 4.76. The highest BCUT2D eigenvalue weighted by Crippen LogP contribution is 2.39. The van der Waals surface area contributed by atoms with Gasteiger partial charge in [-0.05, 0) is 29.7 Å². The molecule has 2 atom stereocenters. The zero-order chi connectivity index (χ0) is 12.4. The lowest BCUT2D eigenvalue weighted by Crippen LogP contribution is -2.30. The van der Waals surface area contributed by atoms with Crippen LogP contribution in [0.25, 0.3) is 0 Å². The van der Waals surface area contributed by atoms with Crippen LogP contribution < -0.4 is 5.32 Å². The highest BCUT2D eigenvalue weighted by molar-refractivity contribution is 7.99. The highest BCUT2D eigenvalue weighted by Gasteiger charge is 2.26. The van der Waals surface area contributed by atoms with Crippen LogP contribution in [0, 0.1) is 5.92 Å². The van der Waals surface area contributed by atoms with Crippen molar-refractivity contribution in [2.24, 2.45) is 5.92 Å². The number of benzene rings is 1. The first-order chi connectivity index (χ1) is 8.84. The van der Waals surface area contributed by atoms with Crippen molar-refractivity contribution in [2.75, 3.05) is 5.75 Å². The van der Waals surface area contributed by atoms with Gasteiger partial charge in [-0.1, -0.05) is 25.1 Å². The molecule has 18 heavy (non-hydrogen) atoms. The molecule has 1 aromatic heterocycles. The molecule has 0 bridgehead atoms. The molecular formula is C15H17NOS. The summed E-state index contributed by atoms with van der Waals surface area (Å²) in [6, 6.07) is 13.1. The molecule has 2 heterocycles. The lowest BCUT2D eigenvalue weighted by atomic mass is 9.95. The third kappa shape index (κ3) is 2.33. The van der Waals surface area contributed by atoms with Gasteiger partial charge in [0.05, 0.1) is 12.8 Å². The van der Waals surface area contributed by atoms with E-state index in [1.54, 1.807) is 6.26 Å². The second-order valence-corrected chi connectivity index (χ2v) is 5.83. The van der Waals surface area contributed by atoms with Crippen LogP contribution in [0.4, 0.5) is 0 Å². The maximum atomic E-state index is 5.38. The number of fused-ring (bicyclic) bond motifs is 1. The SMILES string of the molecule is CC1CSc2ccccc2C1NCc1ccco1. The van der Waals surface area contributed by atoms with Crippen molar-refractivity contribution in [1.82, 2.24) is 5.32 Å². The Morgan fingerprint density at radius 3 is 3.00 bits per heavy atom. The summed E-state index contributed by atoms with van der Waals surface area (Å²) < 4.78 is 5.38. The average molecular weight is 259 g/mol. The Hall–Kier alpha value is -1.19. The molecule has 2 nitrogen and oxygen atoms in total. The Morgan fingerprint density at radius 2 is 2.17 bits per heavy atom. The van der Waals surface area contributed by atoms with E-state index in [0.717, 1.165) is 12.3 Å². The fourth-order valence-electron chi connectivity index (χ4n) is 2.43. The van der Waals surface area contributed by atoms with Gasteiger partial charge in [-0.3, -0.25) is 0 Å². The number of rotatable bonds is 3. The standard InChI is InChI=1S/C15H17NOS/c1-11-10-18-14-7-3-2-6-13(14)15(11)16-9-12-5-4-8-17-12/h2-8,11,15-16H,9-10H2,1H3. The number of nitrogens with one attached hydrogen (secondary N) is 1. The normalized spacial score (nSPS) is 22.7. The molecule has 1 N–H and O–H groups in total. The van der Waals surface area contributed by atoms with Crippen LogP contribution in [-0.2, 0) is 6.54 Å². The molecule has 0 amide bonds. The van der Waals surface area contributed by atoms with Gasteiger partial charge in [-0.15, -0.1) is 11.8 Å². The molecule has 1 aliphatic heterocycles. The van der Waals surface area contributed by atoms with Crippen LogP contribution in [0.2, 0.25) is 0 Å². The van der Waals surface area contributed by atoms with Crippen molar-refractivity contribution in [3.05, 3.63) is 54.0 Å². The molecule has 1 aliphatic rings. The first-order valence-corrected chi connectivity index (χ1v) is 7.30. The van der Waals surface area contributed by atoms with E-state index < -0.39 is 0 Å². The molecule has 2 aromatic rings. The Balaban J connectivity index is 1.78. The number of thioether (sulfide) groups is 1. The van der Waals surface area contributed by atoms with Crippen LogP contribution in [0.1, 0.15) is 24.3 Å². The average Bonchev–Trinajstić information content (AvgIpc) is 2.91. The van der Waals surface area contributed by atoms with Crippen molar-refractivity contribution < 1.29 is 4.42 Å². The highest BCUT2D eigenvalue weighted by atomic mass is 32.2. The van der Waals surface area contributed by atoms with Crippen LogP contribution in [0.3, 0.4) is 0 Å². The fraction of sp³-hybridized carbons (Fsp3) is 0.333. The van der Waals surface area contributed by atoms with Crippen LogP contribution in [0.5, 0.6) is 0 Å². The van der Waals surface area contributed by atoms with E-state index in [0.29, 0.717) is 12.0 Å². The molecule has 1 aromatic carbocycles. The van der Waals surface area contributed by atoms with Gasteiger partial charge in [0.25, 0.3) is 0 Å². The molecule has 3 heteroatoms. The van der Waals surface area contributed by atoms with Crippen LogP contribution in [-0.4, -0.2) is 5.75 Å². The van der Waals surface area contributed by atoms with E-state index in [9.17, 15) is 0 Å². The van der Waals surface area contributed by atoms with Gasteiger partial charge in [0, 0.05) is 16.7 Å². The maximum Gasteiger partial charge on any atom is 0.117 e. The smallest absolute Gasteiger partial charge is 0.117 e. The van der Waals surface area contributed by atoms with Gasteiger partial charge in [-0.2, -0.15) is 0 Å². The van der Waals surface area contributed by atoms with Crippen molar-refractivity contribution in [3.63, 3.8) is 0 Å². The van der Waals surface area contributed by atoms with Crippen molar-refractivity contribution in [2.45, 2.75) is 24.4 Å². The third-order valence-electron chi connectivity index (χ3n) is 3.40. The predicted octanol–water partition coefficient (Wildman–Crippen LogP) is 3.85. The zero-order valence-electron chi connectivity index (χ0n) is 10.4. The molecule has 94 valence electrons. The number of hydrogen-bond acceptors (Lipinski definition) is 3. The minimum absolute atomic E-state index is 0.424. The fourth-order valence-corrected chi connectivity index (χ4v) is 3.60. The van der Waals surface area contributed by atoms with E-state index in [4.69, 9.17) is 4.42 Å². The monoisotopic (exact) mass is 259 g/mol. The first-order valence-electron chi connectivity index (χ1n) is 6.32. The Kier molecular flexibility index (Phi) is 3.43. The van der Waals surface area contributed by atoms with E-state index in [-0.39, 0.29) is 0 Å². The first kappa shape index (κ1) is 11.9. The molecule has 2 unspecified atom stereocenters. The third-order valence-corrected chi connectivity index (χ3v) is 4.78.